The quantitative estimate of drug-likeness (QED) is 0.0281. The maximum absolute atomic E-state index is 12.8. The van der Waals surface area contributed by atoms with Gasteiger partial charge in [-0.15, -0.1) is 0 Å². The maximum atomic E-state index is 12.8. The number of likely N-dealkylation sites (N-methyl/N-ethyl adjacent to an activating group) is 1. The van der Waals surface area contributed by atoms with Gasteiger partial charge < -0.3 is 23.8 Å². The van der Waals surface area contributed by atoms with Gasteiger partial charge in [-0.3, -0.25) is 9.59 Å². The van der Waals surface area contributed by atoms with Gasteiger partial charge in [0.05, 0.1) is 34.4 Å². The Hall–Kier alpha value is -2.97. The molecule has 0 spiro atoms. The Morgan fingerprint density at radius 1 is 0.470 bits per heavy atom. The van der Waals surface area contributed by atoms with Gasteiger partial charge in [0.25, 0.3) is 0 Å². The van der Waals surface area contributed by atoms with E-state index in [-0.39, 0.29) is 42.7 Å². The minimum absolute atomic E-state index is 0.0476. The van der Waals surface area contributed by atoms with Crippen LogP contribution in [0.3, 0.4) is 0 Å². The number of unbranched alkanes of at least 4 members (excludes halogenated alkanes) is 25. The molecule has 0 aliphatic carbocycles. The summed E-state index contributed by atoms with van der Waals surface area (Å²) < 4.78 is 17.4. The van der Waals surface area contributed by atoms with Gasteiger partial charge in [0.15, 0.2) is 12.1 Å². The molecule has 382 valence electrons. The van der Waals surface area contributed by atoms with Crippen molar-refractivity contribution in [3.63, 3.8) is 0 Å². The summed E-state index contributed by atoms with van der Waals surface area (Å²) in [6.07, 6.45) is 61.4. The van der Waals surface area contributed by atoms with Crippen molar-refractivity contribution in [1.82, 2.24) is 0 Å². The fourth-order valence-electron chi connectivity index (χ4n) is 8.00. The average molecular weight is 927 g/mol. The van der Waals surface area contributed by atoms with Crippen molar-refractivity contribution in [3.8, 4) is 0 Å². The molecule has 0 aromatic rings. The Kier molecular flexibility index (Phi) is 46.3. The largest absolute Gasteiger partial charge is 0.477 e. The highest BCUT2D eigenvalue weighted by atomic mass is 16.6. The van der Waals surface area contributed by atoms with Gasteiger partial charge in [-0.2, -0.15) is 0 Å². The molecule has 0 aromatic carbocycles. The number of carboxylic acid groups (broad SMARTS) is 1. The molecule has 0 saturated heterocycles. The second-order valence-corrected chi connectivity index (χ2v) is 19.5. The highest BCUT2D eigenvalue weighted by Gasteiger charge is 2.31. The lowest BCUT2D eigenvalue weighted by atomic mass is 10.0. The summed E-state index contributed by atoms with van der Waals surface area (Å²) in [6.45, 7) is 4.62. The van der Waals surface area contributed by atoms with Crippen LogP contribution in [0.25, 0.3) is 0 Å². The number of carboxylic acids is 1. The molecule has 2 unspecified atom stereocenters. The number of nitrogens with zero attached hydrogens (tertiary/aromatic N) is 1. The molecule has 2 atom stereocenters. The number of allylic oxidation sites excluding steroid dienone is 10. The molecule has 66 heavy (non-hydrogen) atoms. The van der Waals surface area contributed by atoms with Gasteiger partial charge in [-0.25, -0.2) is 4.79 Å². The van der Waals surface area contributed by atoms with Crippen molar-refractivity contribution in [2.24, 2.45) is 0 Å². The van der Waals surface area contributed by atoms with E-state index in [1.807, 2.05) is 21.1 Å². The molecule has 0 aromatic heterocycles. The lowest BCUT2D eigenvalue weighted by Gasteiger charge is -2.31. The zero-order valence-corrected chi connectivity index (χ0v) is 43.6. The zero-order chi connectivity index (χ0) is 48.4. The predicted octanol–water partition coefficient (Wildman–Crippen LogP) is 16.1. The number of rotatable bonds is 49. The van der Waals surface area contributed by atoms with E-state index in [1.54, 1.807) is 0 Å². The van der Waals surface area contributed by atoms with Crippen LogP contribution in [0.5, 0.6) is 0 Å². The number of esters is 2. The lowest BCUT2D eigenvalue weighted by molar-refractivity contribution is -0.887. The van der Waals surface area contributed by atoms with Gasteiger partial charge in [-0.1, -0.05) is 222 Å². The summed E-state index contributed by atoms with van der Waals surface area (Å²) in [7, 11) is 5.53. The Bertz CT molecular complexity index is 1260. The molecular weight excluding hydrogens is 823 g/mol. The van der Waals surface area contributed by atoms with Gasteiger partial charge in [0.2, 0.25) is 0 Å². The number of ether oxygens (including phenoxy) is 3. The Morgan fingerprint density at radius 3 is 1.26 bits per heavy atom. The number of carbonyl (C=O) groups is 3. The normalized spacial score (nSPS) is 13.3. The second-order valence-electron chi connectivity index (χ2n) is 19.5. The highest BCUT2D eigenvalue weighted by molar-refractivity contribution is 5.72. The molecule has 8 heteroatoms. The SMILES string of the molecule is CC/C=C\C/C=C\C/C=C\C/C=C\C/C=C\CCCCCC(=O)OC(COCCC(C(=O)O)[N+](C)(C)C)COC(=O)CCCCCCCCCCCCCCCCCCCCCCCCC. The molecule has 0 fully saturated rings. The van der Waals surface area contributed by atoms with Crippen LogP contribution in [0, 0.1) is 0 Å². The third kappa shape index (κ3) is 46.2. The molecular formula is C58H104NO7+. The third-order valence-corrected chi connectivity index (χ3v) is 12.2. The standard InChI is InChI=1S/C58H103NO7/c1-6-8-10-12-14-16-18-20-22-24-26-27-28-29-31-32-34-36-38-40-42-44-46-48-56(60)65-53-54(52-64-51-50-55(58(62)63)59(3,4)5)66-57(61)49-47-45-43-41-39-37-35-33-30-25-23-21-19-17-15-13-11-9-7-2/h9,11,15,17,21,23,30,33,37,39,54-55H,6-8,10,12-14,16,18-20,22,24-29,31-32,34-36,38,40-53H2,1-5H3/p+1/b11-9-,17-15-,23-21-,33-30-,39-37-. The van der Waals surface area contributed by atoms with Crippen LogP contribution < -0.4 is 0 Å². The molecule has 0 amide bonds. The number of hydrogen-bond donors (Lipinski definition) is 1. The summed E-state index contributed by atoms with van der Waals surface area (Å²) in [5.74, 6) is -1.50. The number of hydrogen-bond acceptors (Lipinski definition) is 6. The average Bonchev–Trinajstić information content (AvgIpc) is 3.28. The van der Waals surface area contributed by atoms with Crippen molar-refractivity contribution in [2.75, 3.05) is 41.0 Å². The minimum atomic E-state index is -0.880. The summed E-state index contributed by atoms with van der Waals surface area (Å²) in [6, 6.07) is -0.623. The van der Waals surface area contributed by atoms with E-state index in [2.05, 4.69) is 74.6 Å². The molecule has 1 N–H and O–H groups in total. The molecule has 8 nitrogen and oxygen atoms in total. The first-order valence-corrected chi connectivity index (χ1v) is 27.3. The van der Waals surface area contributed by atoms with Crippen molar-refractivity contribution in [2.45, 2.75) is 251 Å². The Balaban J connectivity index is 4.22. The van der Waals surface area contributed by atoms with Gasteiger partial charge >= 0.3 is 17.9 Å². The maximum Gasteiger partial charge on any atom is 0.362 e. The number of carbonyl (C=O) groups excluding carboxylic acids is 2. The van der Waals surface area contributed by atoms with Crippen LogP contribution in [-0.4, -0.2) is 80.6 Å². The van der Waals surface area contributed by atoms with Crippen molar-refractivity contribution in [3.05, 3.63) is 60.8 Å². The van der Waals surface area contributed by atoms with Crippen LogP contribution in [0.15, 0.2) is 60.8 Å². The zero-order valence-electron chi connectivity index (χ0n) is 43.6. The Labute approximate surface area is 407 Å². The van der Waals surface area contributed by atoms with E-state index in [4.69, 9.17) is 14.2 Å². The van der Waals surface area contributed by atoms with Crippen molar-refractivity contribution in [1.29, 1.82) is 0 Å². The monoisotopic (exact) mass is 927 g/mol. The lowest BCUT2D eigenvalue weighted by Crippen LogP contribution is -2.50. The van der Waals surface area contributed by atoms with Gasteiger partial charge in [0.1, 0.15) is 6.61 Å². The summed E-state index contributed by atoms with van der Waals surface area (Å²) in [4.78, 5) is 37.2. The fourth-order valence-corrected chi connectivity index (χ4v) is 8.00. The summed E-state index contributed by atoms with van der Waals surface area (Å²) in [5, 5.41) is 9.66. The molecule has 0 saturated carbocycles. The molecule has 0 aliphatic heterocycles. The van der Waals surface area contributed by atoms with E-state index in [1.165, 1.54) is 128 Å². The topological polar surface area (TPSA) is 99.1 Å². The molecule has 0 bridgehead atoms. The van der Waals surface area contributed by atoms with Crippen molar-refractivity contribution >= 4 is 17.9 Å². The molecule has 0 radical (unpaired) electrons. The van der Waals surface area contributed by atoms with Crippen molar-refractivity contribution < 1.29 is 38.2 Å². The van der Waals surface area contributed by atoms with Gasteiger partial charge in [0, 0.05) is 19.3 Å². The van der Waals surface area contributed by atoms with Gasteiger partial charge in [-0.05, 0) is 57.8 Å². The first-order chi connectivity index (χ1) is 32.1. The third-order valence-electron chi connectivity index (χ3n) is 12.2. The fraction of sp³-hybridized carbons (Fsp3) is 0.776. The summed E-state index contributed by atoms with van der Waals surface area (Å²) >= 11 is 0. The van der Waals surface area contributed by atoms with Crippen LogP contribution in [-0.2, 0) is 28.6 Å². The smallest absolute Gasteiger partial charge is 0.362 e. The first kappa shape index (κ1) is 63.0. The van der Waals surface area contributed by atoms with Crippen LogP contribution in [0.4, 0.5) is 0 Å². The van der Waals surface area contributed by atoms with E-state index in [0.29, 0.717) is 12.8 Å². The molecule has 0 aliphatic rings. The molecule has 0 rings (SSSR count). The first-order valence-electron chi connectivity index (χ1n) is 27.3. The highest BCUT2D eigenvalue weighted by Crippen LogP contribution is 2.17. The minimum Gasteiger partial charge on any atom is -0.477 e. The Morgan fingerprint density at radius 2 is 0.848 bits per heavy atom. The van der Waals surface area contributed by atoms with Crippen LogP contribution in [0.1, 0.15) is 239 Å². The van der Waals surface area contributed by atoms with Crippen LogP contribution >= 0.6 is 0 Å². The predicted molar refractivity (Wildman–Crippen MR) is 280 cm³/mol. The van der Waals surface area contributed by atoms with Crippen LogP contribution in [0.2, 0.25) is 0 Å². The number of aliphatic carboxylic acids is 1. The van der Waals surface area contributed by atoms with E-state index < -0.39 is 18.1 Å². The summed E-state index contributed by atoms with van der Waals surface area (Å²) in [5.41, 5.74) is 0. The number of quaternary nitrogens is 1. The van der Waals surface area contributed by atoms with E-state index >= 15 is 0 Å². The second kappa shape index (κ2) is 48.5. The molecule has 0 heterocycles. The van der Waals surface area contributed by atoms with E-state index in [0.717, 1.165) is 77.0 Å². The van der Waals surface area contributed by atoms with E-state index in [9.17, 15) is 19.5 Å².